The Bertz CT molecular complexity index is 554. The Kier molecular flexibility index (Phi) is 3.29. The van der Waals surface area contributed by atoms with Crippen LogP contribution in [0, 0.1) is 0 Å². The zero-order valence-corrected chi connectivity index (χ0v) is 11.5. The highest BCUT2D eigenvalue weighted by atomic mass is 15.1. The molecular formula is C14H19N5. The molecule has 5 nitrogen and oxygen atoms in total. The van der Waals surface area contributed by atoms with Crippen LogP contribution in [-0.2, 0) is 7.05 Å². The SMILES string of the molecule is CN1CCC(c2nccnc2-c2nccn2C)CC1. The first kappa shape index (κ1) is 12.3. The molecule has 0 radical (unpaired) electrons. The summed E-state index contributed by atoms with van der Waals surface area (Å²) in [6.07, 6.45) is 9.59. The second-order valence-electron chi connectivity index (χ2n) is 5.23. The summed E-state index contributed by atoms with van der Waals surface area (Å²) in [6, 6.07) is 0. The maximum absolute atomic E-state index is 4.59. The maximum atomic E-state index is 4.59. The normalized spacial score (nSPS) is 17.8. The van der Waals surface area contributed by atoms with Gasteiger partial charge in [-0.1, -0.05) is 0 Å². The second kappa shape index (κ2) is 5.09. The average Bonchev–Trinajstić information content (AvgIpc) is 2.86. The molecule has 0 saturated carbocycles. The highest BCUT2D eigenvalue weighted by molar-refractivity contribution is 5.54. The molecule has 0 aliphatic carbocycles. The van der Waals surface area contributed by atoms with Crippen molar-refractivity contribution in [3.8, 4) is 11.5 Å². The first-order chi connectivity index (χ1) is 9.25. The van der Waals surface area contributed by atoms with E-state index in [0.29, 0.717) is 5.92 Å². The number of aromatic nitrogens is 4. The van der Waals surface area contributed by atoms with Gasteiger partial charge < -0.3 is 9.47 Å². The third kappa shape index (κ3) is 2.38. The van der Waals surface area contributed by atoms with Crippen molar-refractivity contribution in [1.82, 2.24) is 24.4 Å². The van der Waals surface area contributed by atoms with Gasteiger partial charge in [-0.05, 0) is 33.0 Å². The Balaban J connectivity index is 1.96. The van der Waals surface area contributed by atoms with Gasteiger partial charge in [-0.3, -0.25) is 4.98 Å². The van der Waals surface area contributed by atoms with Crippen molar-refractivity contribution in [3.05, 3.63) is 30.5 Å². The number of imidazole rings is 1. The van der Waals surface area contributed by atoms with Gasteiger partial charge in [0.1, 0.15) is 5.69 Å². The van der Waals surface area contributed by atoms with E-state index in [4.69, 9.17) is 0 Å². The van der Waals surface area contributed by atoms with Crippen molar-refractivity contribution >= 4 is 0 Å². The van der Waals surface area contributed by atoms with E-state index >= 15 is 0 Å². The Morgan fingerprint density at radius 3 is 2.42 bits per heavy atom. The van der Waals surface area contributed by atoms with Gasteiger partial charge in [0.15, 0.2) is 5.82 Å². The molecule has 1 fully saturated rings. The predicted molar refractivity (Wildman–Crippen MR) is 73.7 cm³/mol. The van der Waals surface area contributed by atoms with Crippen LogP contribution >= 0.6 is 0 Å². The Labute approximate surface area is 113 Å². The van der Waals surface area contributed by atoms with Crippen LogP contribution < -0.4 is 0 Å². The van der Waals surface area contributed by atoms with E-state index < -0.39 is 0 Å². The molecule has 1 saturated heterocycles. The van der Waals surface area contributed by atoms with E-state index in [-0.39, 0.29) is 0 Å². The van der Waals surface area contributed by atoms with Crippen molar-refractivity contribution in [2.45, 2.75) is 18.8 Å². The summed E-state index contributed by atoms with van der Waals surface area (Å²) in [5, 5.41) is 0. The predicted octanol–water partition coefficient (Wildman–Crippen LogP) is 1.69. The minimum Gasteiger partial charge on any atom is -0.333 e. The van der Waals surface area contributed by atoms with Gasteiger partial charge >= 0.3 is 0 Å². The minimum atomic E-state index is 0.497. The number of aryl methyl sites for hydroxylation is 1. The van der Waals surface area contributed by atoms with Crippen LogP contribution in [0.25, 0.3) is 11.5 Å². The molecule has 0 spiro atoms. The summed E-state index contributed by atoms with van der Waals surface area (Å²) >= 11 is 0. The summed E-state index contributed by atoms with van der Waals surface area (Å²) in [4.78, 5) is 15.9. The molecule has 0 amide bonds. The van der Waals surface area contributed by atoms with Crippen LogP contribution in [0.5, 0.6) is 0 Å². The number of rotatable bonds is 2. The number of piperidine rings is 1. The van der Waals surface area contributed by atoms with Crippen molar-refractivity contribution in [1.29, 1.82) is 0 Å². The number of hydrogen-bond donors (Lipinski definition) is 0. The highest BCUT2D eigenvalue weighted by Crippen LogP contribution is 2.31. The summed E-state index contributed by atoms with van der Waals surface area (Å²) in [5.74, 6) is 1.40. The van der Waals surface area contributed by atoms with Crippen LogP contribution in [0.2, 0.25) is 0 Å². The third-order valence-electron chi connectivity index (χ3n) is 3.86. The summed E-state index contributed by atoms with van der Waals surface area (Å²) in [5.41, 5.74) is 2.04. The van der Waals surface area contributed by atoms with Gasteiger partial charge in [0.2, 0.25) is 0 Å². The molecule has 100 valence electrons. The Morgan fingerprint density at radius 2 is 1.74 bits per heavy atom. The van der Waals surface area contributed by atoms with Gasteiger partial charge in [0.25, 0.3) is 0 Å². The van der Waals surface area contributed by atoms with Crippen LogP contribution in [0.15, 0.2) is 24.8 Å². The molecule has 0 atom stereocenters. The molecule has 2 aromatic rings. The Morgan fingerprint density at radius 1 is 1.00 bits per heavy atom. The first-order valence-corrected chi connectivity index (χ1v) is 6.73. The van der Waals surface area contributed by atoms with E-state index in [2.05, 4.69) is 26.9 Å². The van der Waals surface area contributed by atoms with Gasteiger partial charge in [-0.15, -0.1) is 0 Å². The zero-order valence-electron chi connectivity index (χ0n) is 11.5. The molecule has 0 bridgehead atoms. The quantitative estimate of drug-likeness (QED) is 0.821. The molecular weight excluding hydrogens is 238 g/mol. The fourth-order valence-corrected chi connectivity index (χ4v) is 2.70. The van der Waals surface area contributed by atoms with Crippen LogP contribution in [0.3, 0.4) is 0 Å². The summed E-state index contributed by atoms with van der Waals surface area (Å²) < 4.78 is 2.00. The molecule has 19 heavy (non-hydrogen) atoms. The Hall–Kier alpha value is -1.75. The van der Waals surface area contributed by atoms with Crippen molar-refractivity contribution in [2.75, 3.05) is 20.1 Å². The summed E-state index contributed by atoms with van der Waals surface area (Å²) in [6.45, 7) is 2.25. The lowest BCUT2D eigenvalue weighted by Crippen LogP contribution is -2.29. The zero-order chi connectivity index (χ0) is 13.2. The van der Waals surface area contributed by atoms with Crippen molar-refractivity contribution in [2.24, 2.45) is 7.05 Å². The van der Waals surface area contributed by atoms with Crippen LogP contribution in [0.1, 0.15) is 24.5 Å². The maximum Gasteiger partial charge on any atom is 0.160 e. The van der Waals surface area contributed by atoms with Gasteiger partial charge in [0, 0.05) is 37.8 Å². The van der Waals surface area contributed by atoms with Crippen LogP contribution in [0.4, 0.5) is 0 Å². The lowest BCUT2D eigenvalue weighted by atomic mass is 9.92. The second-order valence-corrected chi connectivity index (χ2v) is 5.23. The van der Waals surface area contributed by atoms with E-state index in [1.807, 2.05) is 24.0 Å². The number of nitrogens with zero attached hydrogens (tertiary/aromatic N) is 5. The molecule has 1 aliphatic heterocycles. The summed E-state index contributed by atoms with van der Waals surface area (Å²) in [7, 11) is 4.17. The largest absolute Gasteiger partial charge is 0.333 e. The van der Waals surface area contributed by atoms with E-state index in [1.165, 1.54) is 0 Å². The van der Waals surface area contributed by atoms with E-state index in [1.54, 1.807) is 12.4 Å². The van der Waals surface area contributed by atoms with Gasteiger partial charge in [-0.2, -0.15) is 0 Å². The standard InChI is InChI=1S/C14H19N5/c1-18-8-3-11(4-9-18)12-13(16-6-5-15-12)14-17-7-10-19(14)2/h5-7,10-11H,3-4,8-9H2,1-2H3. The molecule has 0 aromatic carbocycles. The van der Waals surface area contributed by atoms with E-state index in [0.717, 1.165) is 43.1 Å². The number of likely N-dealkylation sites (tertiary alicyclic amines) is 1. The first-order valence-electron chi connectivity index (χ1n) is 6.73. The van der Waals surface area contributed by atoms with Gasteiger partial charge in [-0.25, -0.2) is 9.97 Å². The fraction of sp³-hybridized carbons (Fsp3) is 0.500. The average molecular weight is 257 g/mol. The smallest absolute Gasteiger partial charge is 0.160 e. The number of hydrogen-bond acceptors (Lipinski definition) is 4. The molecule has 1 aliphatic rings. The van der Waals surface area contributed by atoms with E-state index in [9.17, 15) is 0 Å². The molecule has 3 heterocycles. The van der Waals surface area contributed by atoms with Crippen molar-refractivity contribution < 1.29 is 0 Å². The molecule has 0 N–H and O–H groups in total. The third-order valence-corrected chi connectivity index (χ3v) is 3.86. The monoisotopic (exact) mass is 257 g/mol. The lowest BCUT2D eigenvalue weighted by molar-refractivity contribution is 0.253. The molecule has 0 unspecified atom stereocenters. The molecule has 5 heteroatoms. The highest BCUT2D eigenvalue weighted by Gasteiger charge is 2.24. The minimum absolute atomic E-state index is 0.497. The fourth-order valence-electron chi connectivity index (χ4n) is 2.70. The molecule has 2 aromatic heterocycles. The molecule has 3 rings (SSSR count). The van der Waals surface area contributed by atoms with Gasteiger partial charge in [0.05, 0.1) is 5.69 Å². The topological polar surface area (TPSA) is 46.8 Å². The lowest BCUT2D eigenvalue weighted by Gasteiger charge is -2.29. The van der Waals surface area contributed by atoms with Crippen LogP contribution in [-0.4, -0.2) is 44.6 Å². The van der Waals surface area contributed by atoms with Crippen molar-refractivity contribution in [3.63, 3.8) is 0 Å².